The molecule has 210 valence electrons. The molecule has 9 heteroatoms. The van der Waals surface area contributed by atoms with E-state index in [-0.39, 0.29) is 17.3 Å². The number of rotatable bonds is 7. The summed E-state index contributed by atoms with van der Waals surface area (Å²) in [7, 11) is 0. The summed E-state index contributed by atoms with van der Waals surface area (Å²) in [5.41, 5.74) is 3.59. The second-order valence-corrected chi connectivity index (χ2v) is 9.79. The molecule has 5 rings (SSSR count). The van der Waals surface area contributed by atoms with Crippen LogP contribution in [0, 0.1) is 0 Å². The van der Waals surface area contributed by atoms with E-state index in [1.54, 1.807) is 18.2 Å². The van der Waals surface area contributed by atoms with Gasteiger partial charge in [0.25, 0.3) is 5.91 Å². The van der Waals surface area contributed by atoms with Gasteiger partial charge in [0.2, 0.25) is 0 Å². The van der Waals surface area contributed by atoms with Gasteiger partial charge in [-0.25, -0.2) is 4.79 Å². The molecular formula is C32H29F3N4O2. The van der Waals surface area contributed by atoms with Crippen molar-refractivity contribution in [3.8, 4) is 0 Å². The van der Waals surface area contributed by atoms with E-state index in [0.717, 1.165) is 18.1 Å². The third-order valence-corrected chi connectivity index (χ3v) is 6.99. The first kappa shape index (κ1) is 27.8. The van der Waals surface area contributed by atoms with Crippen LogP contribution in [0.2, 0.25) is 0 Å². The second kappa shape index (κ2) is 12.2. The van der Waals surface area contributed by atoms with Crippen LogP contribution in [-0.4, -0.2) is 25.0 Å². The number of nitrogens with zero attached hydrogens (tertiary/aromatic N) is 1. The zero-order chi connectivity index (χ0) is 28.8. The molecule has 1 aliphatic rings. The van der Waals surface area contributed by atoms with Crippen molar-refractivity contribution in [3.63, 3.8) is 0 Å². The predicted molar refractivity (Wildman–Crippen MR) is 154 cm³/mol. The summed E-state index contributed by atoms with van der Waals surface area (Å²) in [6.45, 7) is 1.75. The third kappa shape index (κ3) is 6.87. The standard InChI is InChI=1S/C32H29F3N4O2/c33-32(34,35)27-12-6-7-13-28(27)38-31(41)37-25-14-15-29(39-19-17-23-10-4-5-11-24(23)21-39)26(20-25)30(40)36-18-16-22-8-2-1-3-9-22/h1-15,20H,16-19,21H2,(H,36,40)(H2,37,38,41). The first-order valence-corrected chi connectivity index (χ1v) is 13.3. The topological polar surface area (TPSA) is 73.5 Å². The summed E-state index contributed by atoms with van der Waals surface area (Å²) in [5.74, 6) is -0.304. The van der Waals surface area contributed by atoms with E-state index >= 15 is 0 Å². The van der Waals surface area contributed by atoms with E-state index in [9.17, 15) is 22.8 Å². The summed E-state index contributed by atoms with van der Waals surface area (Å²) in [6.07, 6.45) is -3.15. The average Bonchev–Trinajstić information content (AvgIpc) is 2.97. The number of anilines is 3. The van der Waals surface area contributed by atoms with Crippen LogP contribution in [0.25, 0.3) is 0 Å². The van der Waals surface area contributed by atoms with E-state index in [0.29, 0.717) is 37.3 Å². The van der Waals surface area contributed by atoms with Crippen molar-refractivity contribution in [1.29, 1.82) is 0 Å². The van der Waals surface area contributed by atoms with Gasteiger partial charge in [0.15, 0.2) is 0 Å². The fourth-order valence-electron chi connectivity index (χ4n) is 4.96. The largest absolute Gasteiger partial charge is 0.418 e. The normalized spacial score (nSPS) is 12.8. The molecule has 3 N–H and O–H groups in total. The SMILES string of the molecule is O=C(Nc1ccc(N2CCc3ccccc3C2)c(C(=O)NCCc2ccccc2)c1)Nc1ccccc1C(F)(F)F. The lowest BCUT2D eigenvalue weighted by atomic mass is 9.98. The highest BCUT2D eigenvalue weighted by Crippen LogP contribution is 2.35. The Hall–Kier alpha value is -4.79. The van der Waals surface area contributed by atoms with Gasteiger partial charge in [0, 0.05) is 31.0 Å². The van der Waals surface area contributed by atoms with Crippen LogP contribution in [0.5, 0.6) is 0 Å². The minimum Gasteiger partial charge on any atom is -0.366 e. The number of halogens is 3. The van der Waals surface area contributed by atoms with Crippen molar-refractivity contribution in [1.82, 2.24) is 5.32 Å². The Balaban J connectivity index is 1.36. The molecule has 0 bridgehead atoms. The molecule has 0 saturated heterocycles. The average molecular weight is 559 g/mol. The molecule has 0 atom stereocenters. The quantitative estimate of drug-likeness (QED) is 0.231. The number of urea groups is 1. The fraction of sp³-hybridized carbons (Fsp3) is 0.188. The summed E-state index contributed by atoms with van der Waals surface area (Å²) < 4.78 is 40.1. The van der Waals surface area contributed by atoms with Crippen molar-refractivity contribution in [2.75, 3.05) is 28.6 Å². The lowest BCUT2D eigenvalue weighted by Gasteiger charge is -2.32. The number of hydrogen-bond acceptors (Lipinski definition) is 3. The van der Waals surface area contributed by atoms with Crippen LogP contribution in [0.15, 0.2) is 97.1 Å². The number of amides is 3. The van der Waals surface area contributed by atoms with Crippen molar-refractivity contribution in [2.45, 2.75) is 25.6 Å². The Labute approximate surface area is 236 Å². The molecule has 1 heterocycles. The molecule has 41 heavy (non-hydrogen) atoms. The zero-order valence-corrected chi connectivity index (χ0v) is 22.2. The van der Waals surface area contributed by atoms with Crippen LogP contribution in [-0.2, 0) is 25.6 Å². The number of fused-ring (bicyclic) bond motifs is 1. The Bertz CT molecular complexity index is 1540. The van der Waals surface area contributed by atoms with E-state index in [4.69, 9.17) is 0 Å². The van der Waals surface area contributed by atoms with Gasteiger partial charge in [-0.15, -0.1) is 0 Å². The maximum absolute atomic E-state index is 13.4. The van der Waals surface area contributed by atoms with Gasteiger partial charge >= 0.3 is 12.2 Å². The molecule has 3 amide bonds. The van der Waals surface area contributed by atoms with Crippen LogP contribution in [0.4, 0.5) is 35.0 Å². The number of carbonyl (C=O) groups excluding carboxylic acids is 2. The van der Waals surface area contributed by atoms with Gasteiger partial charge in [0.05, 0.1) is 16.8 Å². The molecule has 0 radical (unpaired) electrons. The van der Waals surface area contributed by atoms with Gasteiger partial charge in [-0.05, 0) is 59.9 Å². The minimum absolute atomic E-state index is 0.279. The Morgan fingerprint density at radius 1 is 0.805 bits per heavy atom. The summed E-state index contributed by atoms with van der Waals surface area (Å²) in [4.78, 5) is 28.3. The Morgan fingerprint density at radius 3 is 2.29 bits per heavy atom. The molecule has 4 aromatic carbocycles. The molecular weight excluding hydrogens is 529 g/mol. The number of alkyl halides is 3. The Kier molecular flexibility index (Phi) is 8.24. The van der Waals surface area contributed by atoms with Crippen molar-refractivity contribution in [2.24, 2.45) is 0 Å². The molecule has 0 aromatic heterocycles. The number of carbonyl (C=O) groups is 2. The van der Waals surface area contributed by atoms with Gasteiger partial charge in [-0.3, -0.25) is 4.79 Å². The second-order valence-electron chi connectivity index (χ2n) is 9.79. The molecule has 0 fully saturated rings. The van der Waals surface area contributed by atoms with E-state index in [2.05, 4.69) is 33.0 Å². The van der Waals surface area contributed by atoms with E-state index in [1.165, 1.54) is 29.3 Å². The van der Waals surface area contributed by atoms with E-state index < -0.39 is 17.8 Å². The molecule has 4 aromatic rings. The van der Waals surface area contributed by atoms with Crippen LogP contribution in [0.1, 0.15) is 32.6 Å². The summed E-state index contributed by atoms with van der Waals surface area (Å²) >= 11 is 0. The number of hydrogen-bond donors (Lipinski definition) is 3. The van der Waals surface area contributed by atoms with Gasteiger partial charge in [0.1, 0.15) is 0 Å². The predicted octanol–water partition coefficient (Wildman–Crippen LogP) is 6.88. The molecule has 0 spiro atoms. The third-order valence-electron chi connectivity index (χ3n) is 6.99. The molecule has 0 unspecified atom stereocenters. The van der Waals surface area contributed by atoms with Crippen molar-refractivity contribution < 1.29 is 22.8 Å². The van der Waals surface area contributed by atoms with E-state index in [1.807, 2.05) is 42.5 Å². The zero-order valence-electron chi connectivity index (χ0n) is 22.2. The number of nitrogens with one attached hydrogen (secondary N) is 3. The molecule has 0 aliphatic carbocycles. The lowest BCUT2D eigenvalue weighted by Crippen LogP contribution is -2.33. The maximum atomic E-state index is 13.4. The van der Waals surface area contributed by atoms with Gasteiger partial charge in [-0.1, -0.05) is 66.7 Å². The first-order chi connectivity index (χ1) is 19.8. The monoisotopic (exact) mass is 558 g/mol. The van der Waals surface area contributed by atoms with Crippen LogP contribution >= 0.6 is 0 Å². The number of para-hydroxylation sites is 1. The molecule has 1 aliphatic heterocycles. The summed E-state index contributed by atoms with van der Waals surface area (Å²) in [5, 5.41) is 7.82. The fourth-order valence-corrected chi connectivity index (χ4v) is 4.96. The maximum Gasteiger partial charge on any atom is 0.418 e. The molecule has 6 nitrogen and oxygen atoms in total. The van der Waals surface area contributed by atoms with Gasteiger partial charge in [-0.2, -0.15) is 13.2 Å². The minimum atomic E-state index is -4.62. The summed E-state index contributed by atoms with van der Waals surface area (Å²) in [6, 6.07) is 26.8. The highest BCUT2D eigenvalue weighted by molar-refractivity contribution is 6.04. The number of benzene rings is 4. The van der Waals surface area contributed by atoms with Gasteiger partial charge < -0.3 is 20.9 Å². The smallest absolute Gasteiger partial charge is 0.366 e. The van der Waals surface area contributed by atoms with Crippen LogP contribution in [0.3, 0.4) is 0 Å². The Morgan fingerprint density at radius 2 is 1.51 bits per heavy atom. The molecule has 0 saturated carbocycles. The van der Waals surface area contributed by atoms with Crippen molar-refractivity contribution in [3.05, 3.63) is 125 Å². The highest BCUT2D eigenvalue weighted by Gasteiger charge is 2.33. The first-order valence-electron chi connectivity index (χ1n) is 13.3. The van der Waals surface area contributed by atoms with Crippen molar-refractivity contribution >= 4 is 29.0 Å². The lowest BCUT2D eigenvalue weighted by molar-refractivity contribution is -0.136. The highest BCUT2D eigenvalue weighted by atomic mass is 19.4. The van der Waals surface area contributed by atoms with Crippen LogP contribution < -0.4 is 20.9 Å².